The number of carbonyl (C=O) groups is 2. The minimum absolute atomic E-state index is 0.132. The van der Waals surface area contributed by atoms with E-state index in [2.05, 4.69) is 21.5 Å². The molecule has 0 heterocycles. The fraction of sp³-hybridized carbons (Fsp3) is 0.308. The first-order chi connectivity index (χ1) is 10.3. The predicted molar refractivity (Wildman–Crippen MR) is 90.3 cm³/mol. The van der Waals surface area contributed by atoms with Crippen LogP contribution in [0.15, 0.2) is 24.3 Å². The Morgan fingerprint density at radius 1 is 1.18 bits per heavy atom. The van der Waals surface area contributed by atoms with Crippen LogP contribution in [0.2, 0.25) is 5.02 Å². The van der Waals surface area contributed by atoms with Gasteiger partial charge in [0.05, 0.1) is 0 Å². The number of hydrazine groups is 1. The van der Waals surface area contributed by atoms with E-state index in [9.17, 15) is 9.59 Å². The van der Waals surface area contributed by atoms with Crippen molar-refractivity contribution in [3.05, 3.63) is 29.3 Å². The molecule has 0 aliphatic rings. The van der Waals surface area contributed by atoms with Crippen molar-refractivity contribution in [2.75, 3.05) is 5.32 Å². The van der Waals surface area contributed by atoms with Crippen molar-refractivity contribution in [3.63, 3.8) is 0 Å². The number of thiocarbonyl (C=S) groups is 1. The van der Waals surface area contributed by atoms with E-state index in [4.69, 9.17) is 29.6 Å². The topological polar surface area (TPSA) is 108 Å². The second-order valence-electron chi connectivity index (χ2n) is 4.81. The summed E-state index contributed by atoms with van der Waals surface area (Å²) < 4.78 is 0. The van der Waals surface area contributed by atoms with Crippen molar-refractivity contribution in [1.82, 2.24) is 16.2 Å². The molecular formula is C13H18ClN5O2S. The second kappa shape index (κ2) is 8.40. The third kappa shape index (κ3) is 6.15. The number of primary amides is 1. The summed E-state index contributed by atoms with van der Waals surface area (Å²) in [4.78, 5) is 22.9. The van der Waals surface area contributed by atoms with E-state index < -0.39 is 18.0 Å². The number of benzene rings is 1. The molecule has 1 rings (SSSR count). The van der Waals surface area contributed by atoms with Gasteiger partial charge in [0.25, 0.3) is 5.91 Å². The summed E-state index contributed by atoms with van der Waals surface area (Å²) in [7, 11) is 0. The molecule has 0 aliphatic carbocycles. The van der Waals surface area contributed by atoms with Gasteiger partial charge in [-0.25, -0.2) is 4.79 Å². The molecule has 22 heavy (non-hydrogen) atoms. The van der Waals surface area contributed by atoms with Crippen LogP contribution in [0.3, 0.4) is 0 Å². The average Bonchev–Trinajstić information content (AvgIpc) is 2.44. The van der Waals surface area contributed by atoms with Crippen molar-refractivity contribution in [2.45, 2.75) is 19.9 Å². The lowest BCUT2D eigenvalue weighted by molar-refractivity contribution is -0.124. The highest BCUT2D eigenvalue weighted by Crippen LogP contribution is 2.13. The smallest absolute Gasteiger partial charge is 0.312 e. The van der Waals surface area contributed by atoms with Crippen molar-refractivity contribution in [3.8, 4) is 0 Å². The molecule has 0 saturated heterocycles. The lowest BCUT2D eigenvalue weighted by atomic mass is 10.0. The SMILES string of the molecule is CC(C)[C@H](NC(N)=O)C(=O)NNC(=S)Nc1ccc(Cl)cc1. The molecule has 120 valence electrons. The standard InChI is InChI=1S/C13H18ClN5O2S/c1-7(2)10(17-12(15)21)11(20)18-19-13(22)16-9-5-3-8(14)4-6-9/h3-7,10H,1-2H3,(H,18,20)(H3,15,17,21)(H2,16,19,22)/t10-/m0/s1. The number of anilines is 1. The Bertz CT molecular complexity index is 550. The summed E-state index contributed by atoms with van der Waals surface area (Å²) in [6.07, 6.45) is 0. The van der Waals surface area contributed by atoms with Gasteiger partial charge in [-0.15, -0.1) is 0 Å². The van der Waals surface area contributed by atoms with Gasteiger partial charge in [-0.3, -0.25) is 15.6 Å². The summed E-state index contributed by atoms with van der Waals surface area (Å²) in [5, 5.41) is 6.03. The van der Waals surface area contributed by atoms with Gasteiger partial charge in [0, 0.05) is 10.7 Å². The molecule has 1 aromatic rings. The predicted octanol–water partition coefficient (Wildman–Crippen LogP) is 1.35. The Balaban J connectivity index is 2.49. The molecule has 1 atom stereocenters. The molecule has 9 heteroatoms. The molecule has 0 radical (unpaired) electrons. The monoisotopic (exact) mass is 343 g/mol. The Kier molecular flexibility index (Phi) is 6.87. The first-order valence-corrected chi connectivity index (χ1v) is 7.26. The number of nitrogens with two attached hydrogens (primary N) is 1. The molecule has 0 saturated carbocycles. The molecule has 7 nitrogen and oxygen atoms in total. The Morgan fingerprint density at radius 2 is 1.77 bits per heavy atom. The maximum absolute atomic E-state index is 12.0. The van der Waals surface area contributed by atoms with Crippen molar-refractivity contribution < 1.29 is 9.59 Å². The molecule has 0 bridgehead atoms. The van der Waals surface area contributed by atoms with Gasteiger partial charge < -0.3 is 16.4 Å². The number of rotatable bonds is 4. The van der Waals surface area contributed by atoms with Gasteiger partial charge in [-0.1, -0.05) is 25.4 Å². The maximum Gasteiger partial charge on any atom is 0.312 e. The third-order valence-corrected chi connectivity index (χ3v) is 3.10. The normalized spacial score (nSPS) is 11.5. The lowest BCUT2D eigenvalue weighted by Gasteiger charge is -2.21. The van der Waals surface area contributed by atoms with Crippen LogP contribution in [0.5, 0.6) is 0 Å². The minimum Gasteiger partial charge on any atom is -0.352 e. The Labute approximate surface area is 138 Å². The minimum atomic E-state index is -0.768. The average molecular weight is 344 g/mol. The van der Waals surface area contributed by atoms with Gasteiger partial charge in [0.2, 0.25) is 0 Å². The van der Waals surface area contributed by atoms with Crippen LogP contribution in [-0.4, -0.2) is 23.1 Å². The van der Waals surface area contributed by atoms with E-state index in [-0.39, 0.29) is 11.0 Å². The van der Waals surface area contributed by atoms with E-state index in [0.29, 0.717) is 10.7 Å². The molecule has 0 aliphatic heterocycles. The zero-order valence-electron chi connectivity index (χ0n) is 12.1. The Hall–Kier alpha value is -2.06. The molecule has 1 aromatic carbocycles. The van der Waals surface area contributed by atoms with Crippen molar-refractivity contribution in [2.24, 2.45) is 11.7 Å². The highest BCUT2D eigenvalue weighted by molar-refractivity contribution is 7.80. The lowest BCUT2D eigenvalue weighted by Crippen LogP contribution is -2.55. The fourth-order valence-corrected chi connectivity index (χ4v) is 1.87. The van der Waals surface area contributed by atoms with Crippen LogP contribution < -0.4 is 27.2 Å². The number of hydrogen-bond donors (Lipinski definition) is 5. The summed E-state index contributed by atoms with van der Waals surface area (Å²) in [6, 6.07) is 5.36. The van der Waals surface area contributed by atoms with Crippen LogP contribution in [-0.2, 0) is 4.79 Å². The molecule has 3 amide bonds. The van der Waals surface area contributed by atoms with E-state index in [1.807, 2.05) is 0 Å². The quantitative estimate of drug-likeness (QED) is 0.419. The summed E-state index contributed by atoms with van der Waals surface area (Å²) in [5.41, 5.74) is 10.7. The van der Waals surface area contributed by atoms with Crippen LogP contribution in [0.1, 0.15) is 13.8 Å². The Morgan fingerprint density at radius 3 is 2.27 bits per heavy atom. The van der Waals surface area contributed by atoms with Crippen LogP contribution in [0.4, 0.5) is 10.5 Å². The number of amides is 3. The van der Waals surface area contributed by atoms with Crippen LogP contribution >= 0.6 is 23.8 Å². The number of hydrogen-bond acceptors (Lipinski definition) is 3. The highest BCUT2D eigenvalue weighted by atomic mass is 35.5. The first kappa shape index (κ1) is 18.0. The van der Waals surface area contributed by atoms with Crippen LogP contribution in [0, 0.1) is 5.92 Å². The van der Waals surface area contributed by atoms with E-state index >= 15 is 0 Å². The fourth-order valence-electron chi connectivity index (χ4n) is 1.58. The molecule has 0 fully saturated rings. The maximum atomic E-state index is 12.0. The van der Waals surface area contributed by atoms with E-state index in [0.717, 1.165) is 0 Å². The molecular weight excluding hydrogens is 326 g/mol. The zero-order chi connectivity index (χ0) is 16.7. The molecule has 0 aromatic heterocycles. The number of nitrogens with one attached hydrogen (secondary N) is 4. The zero-order valence-corrected chi connectivity index (χ0v) is 13.7. The van der Waals surface area contributed by atoms with Gasteiger partial charge in [-0.05, 0) is 42.4 Å². The van der Waals surface area contributed by atoms with Gasteiger partial charge in [0.15, 0.2) is 5.11 Å². The summed E-state index contributed by atoms with van der Waals surface area (Å²) >= 11 is 10.8. The summed E-state index contributed by atoms with van der Waals surface area (Å²) in [6.45, 7) is 3.56. The molecule has 0 spiro atoms. The second-order valence-corrected chi connectivity index (χ2v) is 5.65. The highest BCUT2D eigenvalue weighted by Gasteiger charge is 2.23. The number of urea groups is 1. The van der Waals surface area contributed by atoms with E-state index in [1.165, 1.54) is 0 Å². The van der Waals surface area contributed by atoms with Gasteiger partial charge >= 0.3 is 6.03 Å². The van der Waals surface area contributed by atoms with Gasteiger partial charge in [-0.2, -0.15) is 0 Å². The molecule has 0 unspecified atom stereocenters. The molecule has 6 N–H and O–H groups in total. The summed E-state index contributed by atoms with van der Waals surface area (Å²) in [5.74, 6) is -0.582. The third-order valence-electron chi connectivity index (χ3n) is 2.65. The number of halogens is 1. The van der Waals surface area contributed by atoms with Crippen molar-refractivity contribution in [1.29, 1.82) is 0 Å². The van der Waals surface area contributed by atoms with Crippen LogP contribution in [0.25, 0.3) is 0 Å². The van der Waals surface area contributed by atoms with E-state index in [1.54, 1.807) is 38.1 Å². The van der Waals surface area contributed by atoms with Gasteiger partial charge in [0.1, 0.15) is 6.04 Å². The first-order valence-electron chi connectivity index (χ1n) is 6.48. The number of carbonyl (C=O) groups excluding carboxylic acids is 2. The largest absolute Gasteiger partial charge is 0.352 e. The van der Waals surface area contributed by atoms with Crippen molar-refractivity contribution >= 4 is 46.6 Å².